The maximum absolute atomic E-state index is 13.6. The topological polar surface area (TPSA) is 99.9 Å². The van der Waals surface area contributed by atoms with E-state index in [0.29, 0.717) is 34.9 Å². The maximum atomic E-state index is 13.6. The molecule has 0 saturated carbocycles. The van der Waals surface area contributed by atoms with Crippen LogP contribution in [-0.2, 0) is 6.42 Å². The van der Waals surface area contributed by atoms with E-state index in [1.54, 1.807) is 25.1 Å². The Morgan fingerprint density at radius 2 is 1.97 bits per heavy atom. The first kappa shape index (κ1) is 22.0. The Balaban J connectivity index is 2.01. The molecular weight excluding hydrogens is 421 g/mol. The monoisotopic (exact) mass is 439 g/mol. The molecule has 0 aliphatic carbocycles. The summed E-state index contributed by atoms with van der Waals surface area (Å²) in [6.45, 7) is 3.61. The summed E-state index contributed by atoms with van der Waals surface area (Å²) in [6, 6.07) is 10.8. The van der Waals surface area contributed by atoms with Gasteiger partial charge in [-0.05, 0) is 49.2 Å². The number of aryl methyl sites for hydroxylation is 2. The highest BCUT2D eigenvalue weighted by Crippen LogP contribution is 2.28. The van der Waals surface area contributed by atoms with E-state index in [2.05, 4.69) is 20.6 Å². The molecule has 158 valence electrons. The van der Waals surface area contributed by atoms with Crippen LogP contribution in [-0.4, -0.2) is 23.0 Å². The van der Waals surface area contributed by atoms with Crippen molar-refractivity contribution in [2.75, 3.05) is 17.7 Å². The minimum atomic E-state index is -0.503. The molecule has 0 unspecified atom stereocenters. The van der Waals surface area contributed by atoms with Gasteiger partial charge in [0.1, 0.15) is 17.7 Å². The van der Waals surface area contributed by atoms with Crippen LogP contribution in [0.4, 0.5) is 21.6 Å². The van der Waals surface area contributed by atoms with E-state index in [9.17, 15) is 14.4 Å². The lowest BCUT2D eigenvalue weighted by Gasteiger charge is -2.15. The molecule has 0 fully saturated rings. The number of pyridine rings is 2. The molecule has 0 aliphatic heterocycles. The average molecular weight is 440 g/mol. The van der Waals surface area contributed by atoms with Crippen LogP contribution in [0.15, 0.2) is 36.4 Å². The van der Waals surface area contributed by atoms with Crippen LogP contribution in [0, 0.1) is 24.1 Å². The largest absolute Gasteiger partial charge is 0.481 e. The smallest absolute Gasteiger partial charge is 0.259 e. The Kier molecular flexibility index (Phi) is 6.68. The first-order valence-electron chi connectivity index (χ1n) is 9.35. The number of nitrogens with zero attached hydrogens (tertiary/aromatic N) is 3. The number of benzene rings is 1. The summed E-state index contributed by atoms with van der Waals surface area (Å²) in [5, 5.41) is 15.1. The minimum absolute atomic E-state index is 0.0387. The van der Waals surface area contributed by atoms with Crippen molar-refractivity contribution < 1.29 is 13.9 Å². The first-order chi connectivity index (χ1) is 14.9. The van der Waals surface area contributed by atoms with E-state index in [1.807, 2.05) is 13.0 Å². The molecule has 0 aliphatic rings. The number of ether oxygens (including phenoxy) is 1. The predicted molar refractivity (Wildman–Crippen MR) is 117 cm³/mol. The summed E-state index contributed by atoms with van der Waals surface area (Å²) < 4.78 is 18.7. The summed E-state index contributed by atoms with van der Waals surface area (Å²) in [5.41, 5.74) is 2.37. The summed E-state index contributed by atoms with van der Waals surface area (Å²) in [4.78, 5) is 21.5. The molecule has 2 aromatic heterocycles. The Bertz CT molecular complexity index is 1190. The van der Waals surface area contributed by atoms with Gasteiger partial charge in [-0.1, -0.05) is 18.5 Å². The first-order valence-corrected chi connectivity index (χ1v) is 9.73. The lowest BCUT2D eigenvalue weighted by atomic mass is 10.1. The average Bonchev–Trinajstić information content (AvgIpc) is 2.76. The third-order valence-electron chi connectivity index (χ3n) is 4.55. The second kappa shape index (κ2) is 9.41. The zero-order chi connectivity index (χ0) is 22.5. The van der Waals surface area contributed by atoms with Gasteiger partial charge in [-0.25, -0.2) is 14.4 Å². The molecule has 1 aromatic carbocycles. The lowest BCUT2D eigenvalue weighted by Crippen LogP contribution is -2.16. The Hall–Kier alpha value is -3.70. The van der Waals surface area contributed by atoms with Gasteiger partial charge in [0.05, 0.1) is 29.1 Å². The number of carbonyl (C=O) groups is 1. The van der Waals surface area contributed by atoms with Gasteiger partial charge in [0, 0.05) is 11.8 Å². The molecule has 1 amide bonds. The van der Waals surface area contributed by atoms with Crippen molar-refractivity contribution in [3.05, 3.63) is 69.8 Å². The molecule has 7 nitrogen and oxygen atoms in total. The highest BCUT2D eigenvalue weighted by atomic mass is 35.5. The third kappa shape index (κ3) is 4.90. The van der Waals surface area contributed by atoms with Gasteiger partial charge in [-0.3, -0.25) is 4.79 Å². The lowest BCUT2D eigenvalue weighted by molar-refractivity contribution is 0.102. The predicted octanol–water partition coefficient (Wildman–Crippen LogP) is 5.02. The SMILES string of the molecule is CCc1cc(F)ccc1Nc1nc(C#N)c(Cl)cc1C(=O)Nc1ccc(OC)nc1C. The van der Waals surface area contributed by atoms with Crippen molar-refractivity contribution in [3.8, 4) is 11.9 Å². The van der Waals surface area contributed by atoms with E-state index >= 15 is 0 Å². The van der Waals surface area contributed by atoms with Crippen molar-refractivity contribution in [2.45, 2.75) is 20.3 Å². The van der Waals surface area contributed by atoms with Crippen LogP contribution in [0.3, 0.4) is 0 Å². The molecule has 31 heavy (non-hydrogen) atoms. The van der Waals surface area contributed by atoms with E-state index in [-0.39, 0.29) is 27.9 Å². The summed E-state index contributed by atoms with van der Waals surface area (Å²) in [5.74, 6) is -0.329. The number of methoxy groups -OCH3 is 1. The molecule has 0 atom stereocenters. The number of carbonyl (C=O) groups excluding carboxylic acids is 1. The number of hydrogen-bond acceptors (Lipinski definition) is 6. The normalized spacial score (nSPS) is 10.3. The second-order valence-corrected chi connectivity index (χ2v) is 6.95. The summed E-state index contributed by atoms with van der Waals surface area (Å²) >= 11 is 6.13. The Morgan fingerprint density at radius 1 is 1.23 bits per heavy atom. The summed E-state index contributed by atoms with van der Waals surface area (Å²) in [6.07, 6.45) is 0.553. The van der Waals surface area contributed by atoms with Crippen molar-refractivity contribution >= 4 is 34.7 Å². The van der Waals surface area contributed by atoms with Gasteiger partial charge in [0.25, 0.3) is 5.91 Å². The molecule has 3 rings (SSSR count). The van der Waals surface area contributed by atoms with Crippen LogP contribution in [0.5, 0.6) is 5.88 Å². The molecule has 2 N–H and O–H groups in total. The van der Waals surface area contributed by atoms with Crippen LogP contribution in [0.1, 0.15) is 34.2 Å². The fraction of sp³-hybridized carbons (Fsp3) is 0.182. The van der Waals surface area contributed by atoms with Gasteiger partial charge in [-0.2, -0.15) is 5.26 Å². The molecule has 9 heteroatoms. The fourth-order valence-corrected chi connectivity index (χ4v) is 3.11. The summed E-state index contributed by atoms with van der Waals surface area (Å²) in [7, 11) is 1.50. The quantitative estimate of drug-likeness (QED) is 0.559. The van der Waals surface area contributed by atoms with E-state index in [4.69, 9.17) is 16.3 Å². The van der Waals surface area contributed by atoms with Gasteiger partial charge in [0.2, 0.25) is 5.88 Å². The van der Waals surface area contributed by atoms with Crippen LogP contribution in [0.25, 0.3) is 0 Å². The van der Waals surface area contributed by atoms with Gasteiger partial charge < -0.3 is 15.4 Å². The second-order valence-electron chi connectivity index (χ2n) is 6.55. The number of nitriles is 1. The molecule has 0 saturated heterocycles. The van der Waals surface area contributed by atoms with Crippen molar-refractivity contribution in [2.24, 2.45) is 0 Å². The maximum Gasteiger partial charge on any atom is 0.259 e. The Morgan fingerprint density at radius 3 is 2.61 bits per heavy atom. The Labute approximate surface area is 183 Å². The van der Waals surface area contributed by atoms with Crippen LogP contribution in [0.2, 0.25) is 5.02 Å². The number of nitrogens with one attached hydrogen (secondary N) is 2. The fourth-order valence-electron chi connectivity index (χ4n) is 2.91. The molecule has 3 aromatic rings. The standard InChI is InChI=1S/C22H19ClFN5O2/c1-4-13-9-14(24)5-6-18(13)27-21-15(10-16(23)19(11-25)28-21)22(30)29-17-7-8-20(31-3)26-12(17)2/h5-10H,4H2,1-3H3,(H,27,28)(H,29,30). The highest BCUT2D eigenvalue weighted by molar-refractivity contribution is 6.32. The number of anilines is 3. The van der Waals surface area contributed by atoms with Crippen molar-refractivity contribution in [1.29, 1.82) is 5.26 Å². The number of rotatable bonds is 6. The number of aromatic nitrogens is 2. The van der Waals surface area contributed by atoms with Crippen molar-refractivity contribution in [1.82, 2.24) is 9.97 Å². The van der Waals surface area contributed by atoms with Gasteiger partial charge in [0.15, 0.2) is 5.69 Å². The molecule has 0 bridgehead atoms. The highest BCUT2D eigenvalue weighted by Gasteiger charge is 2.19. The molecular formula is C22H19ClFN5O2. The molecule has 2 heterocycles. The number of amides is 1. The van der Waals surface area contributed by atoms with E-state index < -0.39 is 5.91 Å². The zero-order valence-corrected chi connectivity index (χ0v) is 17.8. The minimum Gasteiger partial charge on any atom is -0.481 e. The van der Waals surface area contributed by atoms with Crippen molar-refractivity contribution in [3.63, 3.8) is 0 Å². The number of halogens is 2. The molecule has 0 radical (unpaired) electrons. The number of hydrogen-bond donors (Lipinski definition) is 2. The third-order valence-corrected chi connectivity index (χ3v) is 4.83. The van der Waals surface area contributed by atoms with E-state index in [0.717, 1.165) is 0 Å². The van der Waals surface area contributed by atoms with Crippen LogP contribution >= 0.6 is 11.6 Å². The zero-order valence-electron chi connectivity index (χ0n) is 17.1. The van der Waals surface area contributed by atoms with Crippen LogP contribution < -0.4 is 15.4 Å². The van der Waals surface area contributed by atoms with Gasteiger partial charge >= 0.3 is 0 Å². The van der Waals surface area contributed by atoms with E-state index in [1.165, 1.54) is 25.3 Å². The van der Waals surface area contributed by atoms with Gasteiger partial charge in [-0.15, -0.1) is 0 Å². The molecule has 0 spiro atoms.